The molecule has 1 aromatic carbocycles. The molecule has 0 aliphatic heterocycles. The molecule has 0 saturated heterocycles. The molecule has 0 aromatic heterocycles. The van der Waals surface area contributed by atoms with Gasteiger partial charge in [-0.25, -0.2) is 4.39 Å². The van der Waals surface area contributed by atoms with Crippen molar-refractivity contribution in [3.63, 3.8) is 0 Å². The van der Waals surface area contributed by atoms with E-state index in [0.29, 0.717) is 16.8 Å². The van der Waals surface area contributed by atoms with Crippen molar-refractivity contribution in [2.45, 2.75) is 45.8 Å². The van der Waals surface area contributed by atoms with Crippen LogP contribution in [0.25, 0.3) is 0 Å². The Hall–Kier alpha value is -0.800. The van der Waals surface area contributed by atoms with Crippen molar-refractivity contribution < 1.29 is 9.13 Å². The molecule has 2 nitrogen and oxygen atoms in total. The lowest BCUT2D eigenvalue weighted by atomic mass is 10.2. The zero-order valence-electron chi connectivity index (χ0n) is 11.2. The van der Waals surface area contributed by atoms with Crippen LogP contribution in [0, 0.1) is 5.82 Å². The third-order valence-corrected chi connectivity index (χ3v) is 2.86. The molecular weight excluding hydrogens is 253 g/mol. The van der Waals surface area contributed by atoms with Crippen LogP contribution < -0.4 is 10.1 Å². The molecule has 4 heteroatoms. The number of hydrogen-bond acceptors (Lipinski definition) is 2. The number of benzene rings is 1. The number of rotatable bonds is 7. The molecule has 18 heavy (non-hydrogen) atoms. The van der Waals surface area contributed by atoms with E-state index in [1.54, 1.807) is 6.07 Å². The van der Waals surface area contributed by atoms with Crippen LogP contribution in [-0.2, 0) is 0 Å². The monoisotopic (exact) mass is 273 g/mol. The molecule has 0 radical (unpaired) electrons. The molecule has 0 bridgehead atoms. The molecule has 1 unspecified atom stereocenters. The van der Waals surface area contributed by atoms with Crippen LogP contribution in [0.3, 0.4) is 0 Å². The van der Waals surface area contributed by atoms with E-state index in [9.17, 15) is 4.39 Å². The summed E-state index contributed by atoms with van der Waals surface area (Å²) in [7, 11) is 0. The highest BCUT2D eigenvalue weighted by Gasteiger charge is 2.08. The molecule has 1 N–H and O–H groups in total. The van der Waals surface area contributed by atoms with E-state index in [4.69, 9.17) is 16.3 Å². The Morgan fingerprint density at radius 1 is 1.33 bits per heavy atom. The fourth-order valence-electron chi connectivity index (χ4n) is 1.63. The second-order valence-corrected chi connectivity index (χ2v) is 5.16. The second-order valence-electron chi connectivity index (χ2n) is 4.75. The summed E-state index contributed by atoms with van der Waals surface area (Å²) in [4.78, 5) is 0. The summed E-state index contributed by atoms with van der Waals surface area (Å²) >= 11 is 5.90. The third kappa shape index (κ3) is 5.69. The van der Waals surface area contributed by atoms with Crippen LogP contribution in [0.2, 0.25) is 5.02 Å². The maximum atomic E-state index is 12.9. The van der Waals surface area contributed by atoms with Crippen molar-refractivity contribution in [3.05, 3.63) is 29.0 Å². The first-order chi connectivity index (χ1) is 8.49. The summed E-state index contributed by atoms with van der Waals surface area (Å²) in [6, 6.07) is 4.70. The molecule has 0 amide bonds. The third-order valence-electron chi connectivity index (χ3n) is 2.56. The molecule has 102 valence electrons. The smallest absolute Gasteiger partial charge is 0.138 e. The molecule has 0 heterocycles. The first-order valence-electron chi connectivity index (χ1n) is 6.34. The van der Waals surface area contributed by atoms with Crippen LogP contribution in [0.1, 0.15) is 33.6 Å². The van der Waals surface area contributed by atoms with Crippen molar-refractivity contribution in [1.29, 1.82) is 0 Å². The maximum Gasteiger partial charge on any atom is 0.138 e. The Bertz CT molecular complexity index is 371. The summed E-state index contributed by atoms with van der Waals surface area (Å²) in [6.07, 6.45) is 2.05. The lowest BCUT2D eigenvalue weighted by molar-refractivity contribution is 0.207. The molecule has 1 atom stereocenters. The van der Waals surface area contributed by atoms with Crippen LogP contribution >= 0.6 is 11.6 Å². The highest BCUT2D eigenvalue weighted by Crippen LogP contribution is 2.26. The topological polar surface area (TPSA) is 21.3 Å². The van der Waals surface area contributed by atoms with E-state index < -0.39 is 0 Å². The second kappa shape index (κ2) is 7.59. The van der Waals surface area contributed by atoms with Crippen molar-refractivity contribution in [3.8, 4) is 5.75 Å². The lowest BCUT2D eigenvalue weighted by Crippen LogP contribution is -2.25. The van der Waals surface area contributed by atoms with Gasteiger partial charge in [-0.3, -0.25) is 0 Å². The zero-order chi connectivity index (χ0) is 13.5. The number of hydrogen-bond donors (Lipinski definition) is 1. The molecule has 0 saturated carbocycles. The normalized spacial score (nSPS) is 12.8. The summed E-state index contributed by atoms with van der Waals surface area (Å²) in [5, 5.41) is 3.67. The van der Waals surface area contributed by atoms with Crippen LogP contribution in [0.4, 0.5) is 4.39 Å². The summed E-state index contributed by atoms with van der Waals surface area (Å²) in [5.74, 6) is 0.198. The largest absolute Gasteiger partial charge is 0.489 e. The van der Waals surface area contributed by atoms with Crippen molar-refractivity contribution in [2.75, 3.05) is 6.54 Å². The number of halogens is 2. The molecule has 0 fully saturated rings. The highest BCUT2D eigenvalue weighted by molar-refractivity contribution is 6.32. The Balaban J connectivity index is 2.33. The first-order valence-corrected chi connectivity index (χ1v) is 6.72. The average molecular weight is 274 g/mol. The van der Waals surface area contributed by atoms with Gasteiger partial charge < -0.3 is 10.1 Å². The maximum absolute atomic E-state index is 12.9. The lowest BCUT2D eigenvalue weighted by Gasteiger charge is -2.16. The molecule has 0 aliphatic carbocycles. The Kier molecular flexibility index (Phi) is 6.44. The zero-order valence-corrected chi connectivity index (χ0v) is 11.9. The van der Waals surface area contributed by atoms with Crippen LogP contribution in [0.15, 0.2) is 18.2 Å². The fourth-order valence-corrected chi connectivity index (χ4v) is 1.84. The van der Waals surface area contributed by atoms with Gasteiger partial charge in [-0.2, -0.15) is 0 Å². The van der Waals surface area contributed by atoms with Gasteiger partial charge >= 0.3 is 0 Å². The van der Waals surface area contributed by atoms with Gasteiger partial charge in [0, 0.05) is 6.04 Å². The standard InChI is InChI=1S/C14H21ClFNO/c1-10(2)17-8-4-5-11(3)18-14-7-6-12(16)9-13(14)15/h6-7,9-11,17H,4-5,8H2,1-3H3. The van der Waals surface area contributed by atoms with Crippen molar-refractivity contribution in [1.82, 2.24) is 5.32 Å². The van der Waals surface area contributed by atoms with E-state index in [0.717, 1.165) is 19.4 Å². The Morgan fingerprint density at radius 2 is 2.06 bits per heavy atom. The molecule has 0 aliphatic rings. The minimum absolute atomic E-state index is 0.0712. The fraction of sp³-hybridized carbons (Fsp3) is 0.571. The van der Waals surface area contributed by atoms with E-state index in [2.05, 4.69) is 19.2 Å². The van der Waals surface area contributed by atoms with E-state index >= 15 is 0 Å². The minimum Gasteiger partial charge on any atom is -0.489 e. The van der Waals surface area contributed by atoms with Gasteiger partial charge in [0.15, 0.2) is 0 Å². The van der Waals surface area contributed by atoms with Gasteiger partial charge in [-0.05, 0) is 44.5 Å². The van der Waals surface area contributed by atoms with Gasteiger partial charge in [-0.1, -0.05) is 25.4 Å². The Morgan fingerprint density at radius 3 is 2.67 bits per heavy atom. The molecular formula is C14H21ClFNO. The minimum atomic E-state index is -0.346. The van der Waals surface area contributed by atoms with E-state index in [1.165, 1.54) is 12.1 Å². The van der Waals surface area contributed by atoms with Gasteiger partial charge in [0.2, 0.25) is 0 Å². The SMILES string of the molecule is CC(C)NCCCC(C)Oc1ccc(F)cc1Cl. The van der Waals surface area contributed by atoms with E-state index in [1.807, 2.05) is 6.92 Å². The average Bonchev–Trinajstić information content (AvgIpc) is 2.28. The quantitative estimate of drug-likeness (QED) is 0.758. The van der Waals surface area contributed by atoms with Gasteiger partial charge in [-0.15, -0.1) is 0 Å². The van der Waals surface area contributed by atoms with Crippen molar-refractivity contribution >= 4 is 11.6 Å². The molecule has 1 aromatic rings. The Labute approximate surface area is 113 Å². The summed E-state index contributed by atoms with van der Waals surface area (Å²) in [5.41, 5.74) is 0. The van der Waals surface area contributed by atoms with Crippen LogP contribution in [-0.4, -0.2) is 18.7 Å². The van der Waals surface area contributed by atoms with Crippen LogP contribution in [0.5, 0.6) is 5.75 Å². The van der Waals surface area contributed by atoms with E-state index in [-0.39, 0.29) is 11.9 Å². The van der Waals surface area contributed by atoms with Gasteiger partial charge in [0.25, 0.3) is 0 Å². The number of nitrogens with one attached hydrogen (secondary N) is 1. The van der Waals surface area contributed by atoms with Crippen molar-refractivity contribution in [2.24, 2.45) is 0 Å². The molecule has 0 spiro atoms. The van der Waals surface area contributed by atoms with Gasteiger partial charge in [0.1, 0.15) is 11.6 Å². The predicted molar refractivity (Wildman–Crippen MR) is 73.9 cm³/mol. The summed E-state index contributed by atoms with van der Waals surface area (Å²) < 4.78 is 18.5. The predicted octanol–water partition coefficient (Wildman–Crippen LogP) is 4.02. The first kappa shape index (κ1) is 15.3. The summed E-state index contributed by atoms with van der Waals surface area (Å²) in [6.45, 7) is 7.22. The van der Waals surface area contributed by atoms with Gasteiger partial charge in [0.05, 0.1) is 11.1 Å². The number of ether oxygens (including phenoxy) is 1. The molecule has 1 rings (SSSR count). The highest BCUT2D eigenvalue weighted by atomic mass is 35.5.